The Morgan fingerprint density at radius 3 is 2.60 bits per heavy atom. The van der Waals surface area contributed by atoms with E-state index in [2.05, 4.69) is 19.5 Å². The number of hydrogen-bond donors (Lipinski definition) is 3. The molecule has 1 saturated heterocycles. The first-order valence-corrected chi connectivity index (χ1v) is 7.85. The molecule has 2 aromatic rings. The van der Waals surface area contributed by atoms with Crippen molar-refractivity contribution in [2.75, 3.05) is 12.3 Å². The van der Waals surface area contributed by atoms with E-state index in [1.807, 2.05) is 0 Å². The molecule has 2 aromatic heterocycles. The van der Waals surface area contributed by atoms with Crippen LogP contribution in [0.5, 0.6) is 0 Å². The number of phosphoric ester groups is 1. The molecule has 12 nitrogen and oxygen atoms in total. The number of phosphoric acid groups is 1. The molecule has 0 spiro atoms. The topological polar surface area (TPSA) is 192 Å². The SMILES string of the molecule is Nc1ncnc2c1ncn2C1OC(COP(=O)([O-])[O-])C(O)C1O.[Na+].[Na+]. The fraction of sp³-hybridized carbons (Fsp3) is 0.500. The van der Waals surface area contributed by atoms with E-state index in [4.69, 9.17) is 10.5 Å². The van der Waals surface area contributed by atoms with Crippen molar-refractivity contribution < 1.29 is 92.9 Å². The molecular weight excluding hydrogens is 379 g/mol. The Morgan fingerprint density at radius 1 is 1.28 bits per heavy atom. The average Bonchev–Trinajstić information content (AvgIpc) is 3.01. The van der Waals surface area contributed by atoms with Gasteiger partial charge >= 0.3 is 59.1 Å². The van der Waals surface area contributed by atoms with Crippen molar-refractivity contribution in [3.63, 3.8) is 0 Å². The number of fused-ring (bicyclic) bond motifs is 1. The zero-order chi connectivity index (χ0) is 16.8. The normalized spacial score (nSPS) is 26.2. The summed E-state index contributed by atoms with van der Waals surface area (Å²) in [5.74, 6) is 0.125. The molecule has 15 heteroatoms. The van der Waals surface area contributed by atoms with Crippen molar-refractivity contribution in [3.8, 4) is 0 Å². The minimum absolute atomic E-state index is 0. The summed E-state index contributed by atoms with van der Waals surface area (Å²) < 4.78 is 21.3. The van der Waals surface area contributed by atoms with Crippen LogP contribution in [0.25, 0.3) is 11.2 Å². The Bertz CT molecular complexity index is 773. The van der Waals surface area contributed by atoms with Gasteiger partial charge in [0.2, 0.25) is 0 Å². The Hall–Kier alpha value is 0.340. The summed E-state index contributed by atoms with van der Waals surface area (Å²) in [6.45, 7) is -0.719. The van der Waals surface area contributed by atoms with Gasteiger partial charge in [-0.25, -0.2) is 15.0 Å². The van der Waals surface area contributed by atoms with Gasteiger partial charge in [0.25, 0.3) is 0 Å². The second kappa shape index (κ2) is 9.02. The Labute approximate surface area is 185 Å². The smallest absolute Gasteiger partial charge is 0.790 e. The van der Waals surface area contributed by atoms with Gasteiger partial charge in [0.05, 0.1) is 20.8 Å². The van der Waals surface area contributed by atoms with Crippen LogP contribution >= 0.6 is 7.82 Å². The third-order valence-electron chi connectivity index (χ3n) is 3.40. The fourth-order valence-electron chi connectivity index (χ4n) is 2.32. The summed E-state index contributed by atoms with van der Waals surface area (Å²) in [5, 5.41) is 20.0. The van der Waals surface area contributed by atoms with E-state index in [-0.39, 0.29) is 76.1 Å². The number of hydrogen-bond acceptors (Lipinski definition) is 11. The summed E-state index contributed by atoms with van der Waals surface area (Å²) in [6, 6.07) is 0. The van der Waals surface area contributed by atoms with E-state index in [9.17, 15) is 24.6 Å². The Kier molecular flexibility index (Phi) is 8.44. The number of aliphatic hydroxyl groups excluding tert-OH is 2. The summed E-state index contributed by atoms with van der Waals surface area (Å²) in [7, 11) is -5.22. The monoisotopic (exact) mass is 391 g/mol. The van der Waals surface area contributed by atoms with Crippen molar-refractivity contribution >= 4 is 24.8 Å². The van der Waals surface area contributed by atoms with Crippen LogP contribution in [-0.2, 0) is 13.8 Å². The van der Waals surface area contributed by atoms with E-state index in [0.717, 1.165) is 0 Å². The second-order valence-corrected chi connectivity index (χ2v) is 6.02. The van der Waals surface area contributed by atoms with E-state index in [0.29, 0.717) is 0 Å². The molecule has 4 unspecified atom stereocenters. The number of nitrogen functional groups attached to an aromatic ring is 1. The van der Waals surface area contributed by atoms with Crippen molar-refractivity contribution in [1.82, 2.24) is 19.5 Å². The number of imidazole rings is 1. The first-order valence-electron chi connectivity index (χ1n) is 6.39. The van der Waals surface area contributed by atoms with Gasteiger partial charge in [-0.3, -0.25) is 4.57 Å². The predicted octanol–water partition coefficient (Wildman–Crippen LogP) is -9.12. The first-order chi connectivity index (χ1) is 10.8. The molecule has 0 aliphatic carbocycles. The van der Waals surface area contributed by atoms with Crippen molar-refractivity contribution in [3.05, 3.63) is 12.7 Å². The number of ether oxygens (including phenoxy) is 1. The van der Waals surface area contributed by atoms with E-state index < -0.39 is 39.0 Å². The van der Waals surface area contributed by atoms with E-state index in [1.165, 1.54) is 17.2 Å². The molecule has 0 aromatic carbocycles. The summed E-state index contributed by atoms with van der Waals surface area (Å²) in [5.41, 5.74) is 6.19. The summed E-state index contributed by atoms with van der Waals surface area (Å²) in [6.07, 6.45) is -2.75. The van der Waals surface area contributed by atoms with Crippen LogP contribution in [-0.4, -0.2) is 54.7 Å². The molecule has 25 heavy (non-hydrogen) atoms. The molecule has 0 bridgehead atoms. The van der Waals surface area contributed by atoms with Gasteiger partial charge in [0.1, 0.15) is 30.2 Å². The summed E-state index contributed by atoms with van der Waals surface area (Å²) >= 11 is 0. The molecular formula is C10H12N5Na2O7P. The number of rotatable bonds is 4. The number of aliphatic hydroxyl groups is 2. The predicted molar refractivity (Wildman–Crippen MR) is 69.2 cm³/mol. The molecule has 1 aliphatic heterocycles. The van der Waals surface area contributed by atoms with Crippen LogP contribution in [0.15, 0.2) is 12.7 Å². The average molecular weight is 391 g/mol. The van der Waals surface area contributed by atoms with Crippen LogP contribution in [0.3, 0.4) is 0 Å². The van der Waals surface area contributed by atoms with Crippen LogP contribution in [0, 0.1) is 0 Å². The van der Waals surface area contributed by atoms with Crippen molar-refractivity contribution in [2.45, 2.75) is 24.5 Å². The molecule has 4 atom stereocenters. The van der Waals surface area contributed by atoms with Crippen LogP contribution < -0.4 is 74.6 Å². The van der Waals surface area contributed by atoms with Crippen LogP contribution in [0.4, 0.5) is 5.82 Å². The van der Waals surface area contributed by atoms with Gasteiger partial charge in [-0.2, -0.15) is 0 Å². The third kappa shape index (κ3) is 4.99. The molecule has 0 amide bonds. The number of anilines is 1. The minimum atomic E-state index is -5.22. The van der Waals surface area contributed by atoms with Crippen LogP contribution in [0.2, 0.25) is 0 Å². The number of nitrogens with two attached hydrogens (primary N) is 1. The van der Waals surface area contributed by atoms with Gasteiger partial charge in [-0.1, -0.05) is 0 Å². The van der Waals surface area contributed by atoms with Gasteiger partial charge in [-0.15, -0.1) is 0 Å². The maximum absolute atomic E-state index is 10.5. The number of nitrogens with zero attached hydrogens (tertiary/aromatic N) is 4. The van der Waals surface area contributed by atoms with Gasteiger partial charge in [0, 0.05) is 0 Å². The van der Waals surface area contributed by atoms with Crippen molar-refractivity contribution in [1.29, 1.82) is 0 Å². The molecule has 0 saturated carbocycles. The first kappa shape index (κ1) is 23.4. The molecule has 3 rings (SSSR count). The summed E-state index contributed by atoms with van der Waals surface area (Å²) in [4.78, 5) is 32.8. The second-order valence-electron chi connectivity index (χ2n) is 4.87. The standard InChI is InChI=1S/C10H14N5O7P.2Na/c11-8-5-9(13-2-12-8)15(3-14-5)10-7(17)6(16)4(22-10)1-21-23(18,19)20;;/h2-4,6-7,10,16-17H,1H2,(H2,11,12,13)(H2,18,19,20);;/q;2*+1/p-2. The van der Waals surface area contributed by atoms with Gasteiger partial charge < -0.3 is 39.6 Å². The molecule has 3 heterocycles. The van der Waals surface area contributed by atoms with Gasteiger partial charge in [-0.05, 0) is 0 Å². The fourth-order valence-corrected chi connectivity index (χ4v) is 2.65. The quantitative estimate of drug-likeness (QED) is 0.331. The largest absolute Gasteiger partial charge is 1.00 e. The zero-order valence-corrected chi connectivity index (χ0v) is 18.3. The number of aromatic nitrogens is 4. The zero-order valence-electron chi connectivity index (χ0n) is 13.4. The van der Waals surface area contributed by atoms with E-state index >= 15 is 0 Å². The van der Waals surface area contributed by atoms with Crippen LogP contribution in [0.1, 0.15) is 6.23 Å². The van der Waals surface area contributed by atoms with Crippen molar-refractivity contribution in [2.24, 2.45) is 0 Å². The Morgan fingerprint density at radius 2 is 1.96 bits per heavy atom. The maximum atomic E-state index is 10.5. The maximum Gasteiger partial charge on any atom is 1.00 e. The van der Waals surface area contributed by atoms with Gasteiger partial charge in [0.15, 0.2) is 17.7 Å². The minimum Gasteiger partial charge on any atom is -0.790 e. The molecule has 4 N–H and O–H groups in total. The molecule has 0 radical (unpaired) electrons. The molecule has 1 fully saturated rings. The third-order valence-corrected chi connectivity index (χ3v) is 3.86. The molecule has 126 valence electrons. The Balaban J connectivity index is 0.00000156. The molecule has 1 aliphatic rings. The van der Waals surface area contributed by atoms with E-state index in [1.54, 1.807) is 0 Å².